The molecule has 2 unspecified atom stereocenters. The number of amides is 2. The van der Waals surface area contributed by atoms with Crippen LogP contribution in [0.4, 0.5) is 0 Å². The Bertz CT molecular complexity index is 538. The van der Waals surface area contributed by atoms with E-state index in [2.05, 4.69) is 6.92 Å². The maximum Gasteiger partial charge on any atom is 0.233 e. The smallest absolute Gasteiger partial charge is 0.233 e. The van der Waals surface area contributed by atoms with Gasteiger partial charge in [0.15, 0.2) is 12.0 Å². The molecule has 1 aliphatic heterocycles. The predicted octanol–water partition coefficient (Wildman–Crippen LogP) is 2.01. The van der Waals surface area contributed by atoms with Gasteiger partial charge < -0.3 is 4.42 Å². The topological polar surface area (TPSA) is 67.6 Å². The summed E-state index contributed by atoms with van der Waals surface area (Å²) in [6, 6.07) is 3.18. The van der Waals surface area contributed by atoms with Gasteiger partial charge in [0.05, 0.1) is 18.4 Å². The van der Waals surface area contributed by atoms with Gasteiger partial charge in [0, 0.05) is 0 Å². The average Bonchev–Trinajstić information content (AvgIpc) is 3.13. The Labute approximate surface area is 116 Å². The fourth-order valence-electron chi connectivity index (χ4n) is 3.39. The highest BCUT2D eigenvalue weighted by Gasteiger charge is 2.52. The molecule has 1 aromatic rings. The molecule has 2 amide bonds. The number of carbonyl (C=O) groups excluding carboxylic acids is 3. The highest BCUT2D eigenvalue weighted by atomic mass is 16.3. The molecule has 0 radical (unpaired) electrons. The highest BCUT2D eigenvalue weighted by Crippen LogP contribution is 2.44. The van der Waals surface area contributed by atoms with Gasteiger partial charge in [-0.1, -0.05) is 13.3 Å². The number of hydrogen-bond acceptors (Lipinski definition) is 4. The third-order valence-corrected chi connectivity index (χ3v) is 4.52. The summed E-state index contributed by atoms with van der Waals surface area (Å²) in [4.78, 5) is 36.5. The Kier molecular flexibility index (Phi) is 3.20. The Morgan fingerprint density at radius 3 is 2.40 bits per heavy atom. The quantitative estimate of drug-likeness (QED) is 0.622. The lowest BCUT2D eigenvalue weighted by Crippen LogP contribution is -2.31. The van der Waals surface area contributed by atoms with Gasteiger partial charge in [-0.3, -0.25) is 19.3 Å². The van der Waals surface area contributed by atoms with E-state index < -0.39 is 0 Å². The van der Waals surface area contributed by atoms with Crippen LogP contribution in [0, 0.1) is 17.8 Å². The molecule has 3 rings (SSSR count). The van der Waals surface area contributed by atoms with Crippen LogP contribution in [0.5, 0.6) is 0 Å². The van der Waals surface area contributed by atoms with Gasteiger partial charge in [-0.15, -0.1) is 0 Å². The number of aldehydes is 1. The van der Waals surface area contributed by atoms with Gasteiger partial charge in [-0.25, -0.2) is 0 Å². The van der Waals surface area contributed by atoms with Gasteiger partial charge in [0.2, 0.25) is 11.8 Å². The maximum absolute atomic E-state index is 12.3. The van der Waals surface area contributed by atoms with Crippen LogP contribution in [0.1, 0.15) is 42.5 Å². The lowest BCUT2D eigenvalue weighted by molar-refractivity contribution is -0.141. The van der Waals surface area contributed by atoms with Gasteiger partial charge >= 0.3 is 0 Å². The number of fused-ring (bicyclic) bond motifs is 1. The summed E-state index contributed by atoms with van der Waals surface area (Å²) in [6.45, 7) is 2.23. The van der Waals surface area contributed by atoms with Crippen LogP contribution >= 0.6 is 0 Å². The zero-order chi connectivity index (χ0) is 14.3. The minimum atomic E-state index is -0.145. The van der Waals surface area contributed by atoms with Crippen molar-refractivity contribution in [3.63, 3.8) is 0 Å². The number of carbonyl (C=O) groups is 3. The maximum atomic E-state index is 12.3. The number of nitrogens with zero attached hydrogens (tertiary/aromatic N) is 1. The van der Waals surface area contributed by atoms with Crippen LogP contribution in [0.25, 0.3) is 0 Å². The summed E-state index contributed by atoms with van der Waals surface area (Å²) < 4.78 is 5.24. The minimum Gasteiger partial charge on any atom is -0.456 e. The van der Waals surface area contributed by atoms with Crippen molar-refractivity contribution < 1.29 is 18.8 Å². The SMILES string of the molecule is CCC1CC2C(=O)N(Cc3ccc(C=O)o3)C(=O)C2C1. The molecule has 5 nitrogen and oxygen atoms in total. The van der Waals surface area contributed by atoms with Crippen LogP contribution in [-0.2, 0) is 16.1 Å². The zero-order valence-electron chi connectivity index (χ0n) is 11.4. The molecule has 1 saturated heterocycles. The summed E-state index contributed by atoms with van der Waals surface area (Å²) in [6.07, 6.45) is 3.27. The lowest BCUT2D eigenvalue weighted by Gasteiger charge is -2.16. The predicted molar refractivity (Wildman–Crippen MR) is 69.6 cm³/mol. The van der Waals surface area contributed by atoms with Crippen molar-refractivity contribution in [2.45, 2.75) is 32.7 Å². The van der Waals surface area contributed by atoms with E-state index in [4.69, 9.17) is 4.42 Å². The molecule has 1 saturated carbocycles. The third-order valence-electron chi connectivity index (χ3n) is 4.52. The van der Waals surface area contributed by atoms with Crippen molar-refractivity contribution >= 4 is 18.1 Å². The average molecular weight is 275 g/mol. The first-order valence-electron chi connectivity index (χ1n) is 7.03. The molecule has 0 spiro atoms. The number of furan rings is 1. The van der Waals surface area contributed by atoms with E-state index in [1.807, 2.05) is 0 Å². The van der Waals surface area contributed by atoms with Crippen LogP contribution in [0.15, 0.2) is 16.5 Å². The van der Waals surface area contributed by atoms with E-state index >= 15 is 0 Å². The summed E-state index contributed by atoms with van der Waals surface area (Å²) in [5.74, 6) is 0.720. The summed E-state index contributed by atoms with van der Waals surface area (Å²) >= 11 is 0. The van der Waals surface area contributed by atoms with Gasteiger partial charge in [0.25, 0.3) is 0 Å². The highest BCUT2D eigenvalue weighted by molar-refractivity contribution is 6.05. The van der Waals surface area contributed by atoms with Gasteiger partial charge in [-0.2, -0.15) is 0 Å². The second-order valence-electron chi connectivity index (χ2n) is 5.64. The molecule has 0 bridgehead atoms. The zero-order valence-corrected chi connectivity index (χ0v) is 11.4. The van der Waals surface area contributed by atoms with E-state index in [0.29, 0.717) is 18.0 Å². The molecule has 20 heavy (non-hydrogen) atoms. The van der Waals surface area contributed by atoms with Gasteiger partial charge in [-0.05, 0) is 30.9 Å². The number of rotatable bonds is 4. The van der Waals surface area contributed by atoms with Gasteiger partial charge in [0.1, 0.15) is 5.76 Å². The first-order valence-corrected chi connectivity index (χ1v) is 7.03. The van der Waals surface area contributed by atoms with Crippen LogP contribution in [-0.4, -0.2) is 23.0 Å². The summed E-state index contributed by atoms with van der Waals surface area (Å²) in [7, 11) is 0. The largest absolute Gasteiger partial charge is 0.456 e. The second kappa shape index (κ2) is 4.89. The summed E-state index contributed by atoms with van der Waals surface area (Å²) in [5.41, 5.74) is 0. The van der Waals surface area contributed by atoms with Crippen molar-refractivity contribution in [3.05, 3.63) is 23.7 Å². The van der Waals surface area contributed by atoms with Crippen LogP contribution < -0.4 is 0 Å². The molecular formula is C15H17NO4. The van der Waals surface area contributed by atoms with Crippen molar-refractivity contribution in [1.29, 1.82) is 0 Å². The van der Waals surface area contributed by atoms with Crippen molar-refractivity contribution in [2.24, 2.45) is 17.8 Å². The Morgan fingerprint density at radius 2 is 1.90 bits per heavy atom. The fourth-order valence-corrected chi connectivity index (χ4v) is 3.39. The molecule has 1 aliphatic carbocycles. The molecule has 2 fully saturated rings. The Hall–Kier alpha value is -1.91. The van der Waals surface area contributed by atoms with E-state index in [0.717, 1.165) is 19.3 Å². The molecule has 2 atom stereocenters. The summed E-state index contributed by atoms with van der Waals surface area (Å²) in [5, 5.41) is 0. The number of likely N-dealkylation sites (tertiary alicyclic amines) is 1. The third kappa shape index (κ3) is 1.97. The first-order chi connectivity index (χ1) is 9.63. The van der Waals surface area contributed by atoms with Crippen molar-refractivity contribution in [1.82, 2.24) is 4.90 Å². The molecule has 1 aromatic heterocycles. The van der Waals surface area contributed by atoms with Crippen molar-refractivity contribution in [2.75, 3.05) is 0 Å². The molecule has 5 heteroatoms. The van der Waals surface area contributed by atoms with E-state index in [1.165, 1.54) is 4.90 Å². The first kappa shape index (κ1) is 13.1. The molecule has 0 N–H and O–H groups in total. The minimum absolute atomic E-state index is 0.0833. The normalized spacial score (nSPS) is 29.1. The van der Waals surface area contributed by atoms with E-state index in [-0.39, 0.29) is 36.0 Å². The molecule has 2 heterocycles. The molecule has 2 aliphatic rings. The number of hydrogen-bond donors (Lipinski definition) is 0. The Morgan fingerprint density at radius 1 is 1.25 bits per heavy atom. The standard InChI is InChI=1S/C15H17NO4/c1-2-9-5-12-13(6-9)15(19)16(14(12)18)7-10-3-4-11(8-17)20-10/h3-4,8-9,12-13H,2,5-7H2,1H3. The fraction of sp³-hybridized carbons (Fsp3) is 0.533. The van der Waals surface area contributed by atoms with E-state index in [9.17, 15) is 14.4 Å². The second-order valence-corrected chi connectivity index (χ2v) is 5.64. The number of imide groups is 1. The molecule has 106 valence electrons. The lowest BCUT2D eigenvalue weighted by atomic mass is 10.00. The monoisotopic (exact) mass is 275 g/mol. The Balaban J connectivity index is 1.74. The van der Waals surface area contributed by atoms with Crippen LogP contribution in [0.3, 0.4) is 0 Å². The van der Waals surface area contributed by atoms with E-state index in [1.54, 1.807) is 12.1 Å². The van der Waals surface area contributed by atoms with Crippen molar-refractivity contribution in [3.8, 4) is 0 Å². The molecule has 0 aromatic carbocycles. The molecular weight excluding hydrogens is 258 g/mol. The van der Waals surface area contributed by atoms with Crippen LogP contribution in [0.2, 0.25) is 0 Å².